The molecule has 0 radical (unpaired) electrons. The molecule has 5 rings (SSSR count). The summed E-state index contributed by atoms with van der Waals surface area (Å²) in [6.45, 7) is 2.10. The molecule has 1 aromatic heterocycles. The summed E-state index contributed by atoms with van der Waals surface area (Å²) in [7, 11) is 0. The number of benzene rings is 1. The highest BCUT2D eigenvalue weighted by molar-refractivity contribution is 5.76. The largest absolute Gasteiger partial charge is 0.351 e. The second-order valence-corrected chi connectivity index (χ2v) is 6.73. The number of aryl methyl sites for hydroxylation is 1. The van der Waals surface area contributed by atoms with Crippen molar-refractivity contribution in [3.8, 4) is 11.3 Å². The number of hydrogen-bond donors (Lipinski definition) is 1. The highest BCUT2D eigenvalue weighted by Gasteiger charge is 2.56. The molecule has 2 unspecified atom stereocenters. The number of carbonyl (C=O) groups excluding carboxylic acids is 1. The maximum absolute atomic E-state index is 11.9. The molecule has 2 saturated heterocycles. The molecule has 3 heterocycles. The number of fused-ring (bicyclic) bond motifs is 2. The van der Waals surface area contributed by atoms with Crippen LogP contribution in [0.3, 0.4) is 0 Å². The van der Waals surface area contributed by atoms with Crippen LogP contribution in [-0.2, 0) is 5.54 Å². The quantitative estimate of drug-likeness (QED) is 0.921. The van der Waals surface area contributed by atoms with E-state index in [2.05, 4.69) is 30.1 Å². The molecule has 4 heteroatoms. The van der Waals surface area contributed by atoms with E-state index in [0.717, 1.165) is 36.9 Å². The molecule has 2 atom stereocenters. The maximum atomic E-state index is 11.9. The first kappa shape index (κ1) is 14.2. The summed E-state index contributed by atoms with van der Waals surface area (Å²) >= 11 is 0. The van der Waals surface area contributed by atoms with Gasteiger partial charge in [-0.2, -0.15) is 0 Å². The molecule has 2 N–H and O–H groups in total. The lowest BCUT2D eigenvalue weighted by molar-refractivity contribution is -0.0766. The lowest BCUT2D eigenvalue weighted by Crippen LogP contribution is -2.69. The third kappa shape index (κ3) is 2.05. The zero-order valence-corrected chi connectivity index (χ0v) is 13.3. The fourth-order valence-electron chi connectivity index (χ4n) is 4.40. The molecule has 3 fully saturated rings. The minimum atomic E-state index is -0.291. The van der Waals surface area contributed by atoms with Gasteiger partial charge in [0.1, 0.15) is 0 Å². The first-order valence-electron chi connectivity index (χ1n) is 8.23. The number of urea groups is 1. The van der Waals surface area contributed by atoms with Crippen LogP contribution in [0.25, 0.3) is 11.3 Å². The van der Waals surface area contributed by atoms with E-state index >= 15 is 0 Å². The first-order chi connectivity index (χ1) is 11.1. The number of hydrogen-bond acceptors (Lipinski definition) is 2. The third-order valence-corrected chi connectivity index (χ3v) is 5.48. The predicted molar refractivity (Wildman–Crippen MR) is 89.8 cm³/mol. The van der Waals surface area contributed by atoms with E-state index in [0.29, 0.717) is 6.04 Å². The van der Waals surface area contributed by atoms with Crippen LogP contribution in [-0.4, -0.2) is 22.0 Å². The van der Waals surface area contributed by atoms with Crippen molar-refractivity contribution >= 4 is 6.03 Å². The molecule has 2 aliphatic heterocycles. The second-order valence-electron chi connectivity index (χ2n) is 6.73. The van der Waals surface area contributed by atoms with E-state index in [-0.39, 0.29) is 11.6 Å². The summed E-state index contributed by atoms with van der Waals surface area (Å²) < 4.78 is 0. The fourth-order valence-corrected chi connectivity index (χ4v) is 4.40. The molecular weight excluding hydrogens is 286 g/mol. The standard InChI is InChI=1S/C19H21N3O/c1-13-7-8-14(11-16(13)17-6-2-3-10-21-17)19-9-4-5-15(12-19)22(19)18(20)23/h2-3,6-8,10-11,15H,4-5,9,12H2,1H3,(H2,20,23). The molecule has 0 spiro atoms. The third-order valence-electron chi connectivity index (χ3n) is 5.48. The molecule has 1 saturated carbocycles. The zero-order chi connectivity index (χ0) is 16.0. The molecule has 2 amide bonds. The Morgan fingerprint density at radius 3 is 2.91 bits per heavy atom. The minimum absolute atomic E-state index is 0.202. The van der Waals surface area contributed by atoms with Crippen LogP contribution in [0.15, 0.2) is 42.6 Å². The summed E-state index contributed by atoms with van der Waals surface area (Å²) in [4.78, 5) is 18.3. The molecule has 23 heavy (non-hydrogen) atoms. The Balaban J connectivity index is 1.80. The zero-order valence-electron chi connectivity index (χ0n) is 13.3. The van der Waals surface area contributed by atoms with Crippen molar-refractivity contribution in [1.29, 1.82) is 0 Å². The van der Waals surface area contributed by atoms with Crippen molar-refractivity contribution in [3.05, 3.63) is 53.7 Å². The molecule has 2 aromatic rings. The summed E-state index contributed by atoms with van der Waals surface area (Å²) in [6.07, 6.45) is 6.07. The van der Waals surface area contributed by atoms with Gasteiger partial charge in [-0.25, -0.2) is 4.79 Å². The van der Waals surface area contributed by atoms with Gasteiger partial charge in [-0.1, -0.05) is 18.2 Å². The number of primary amides is 1. The minimum Gasteiger partial charge on any atom is -0.351 e. The van der Waals surface area contributed by atoms with Gasteiger partial charge in [0.05, 0.1) is 11.2 Å². The van der Waals surface area contributed by atoms with Gasteiger partial charge in [-0.15, -0.1) is 0 Å². The van der Waals surface area contributed by atoms with E-state index in [1.54, 1.807) is 0 Å². The molecule has 1 aliphatic carbocycles. The molecule has 1 aromatic carbocycles. The lowest BCUT2D eigenvalue weighted by atomic mass is 9.64. The van der Waals surface area contributed by atoms with Crippen LogP contribution < -0.4 is 5.73 Å². The summed E-state index contributed by atoms with van der Waals surface area (Å²) in [5, 5.41) is 0. The van der Waals surface area contributed by atoms with Crippen LogP contribution >= 0.6 is 0 Å². The Kier molecular flexibility index (Phi) is 3.15. The lowest BCUT2D eigenvalue weighted by Gasteiger charge is -2.61. The number of piperidine rings is 1. The van der Waals surface area contributed by atoms with Crippen molar-refractivity contribution in [1.82, 2.24) is 9.88 Å². The van der Waals surface area contributed by atoms with Crippen LogP contribution in [0.4, 0.5) is 4.79 Å². The molecule has 3 aliphatic rings. The van der Waals surface area contributed by atoms with Crippen LogP contribution in [0.2, 0.25) is 0 Å². The first-order valence-corrected chi connectivity index (χ1v) is 8.23. The Hall–Kier alpha value is -2.36. The van der Waals surface area contributed by atoms with Crippen molar-refractivity contribution in [2.45, 2.75) is 44.2 Å². The van der Waals surface area contributed by atoms with E-state index in [4.69, 9.17) is 5.73 Å². The topological polar surface area (TPSA) is 59.2 Å². The Morgan fingerprint density at radius 1 is 1.35 bits per heavy atom. The number of amides is 2. The van der Waals surface area contributed by atoms with E-state index in [1.807, 2.05) is 29.3 Å². The monoisotopic (exact) mass is 307 g/mol. The molecule has 118 valence electrons. The van der Waals surface area contributed by atoms with Gasteiger partial charge in [-0.3, -0.25) is 4.98 Å². The highest BCUT2D eigenvalue weighted by atomic mass is 16.2. The SMILES string of the molecule is Cc1ccc(C23CCCC(C2)N3C(N)=O)cc1-c1ccccn1. The number of aromatic nitrogens is 1. The van der Waals surface area contributed by atoms with Gasteiger partial charge >= 0.3 is 6.03 Å². The molecular formula is C19H21N3O. The second kappa shape index (κ2) is 5.08. The predicted octanol–water partition coefficient (Wildman–Crippen LogP) is 3.59. The van der Waals surface area contributed by atoms with Crippen LogP contribution in [0.5, 0.6) is 0 Å². The fraction of sp³-hybridized carbons (Fsp3) is 0.368. The average Bonchev–Trinajstić information content (AvgIpc) is 2.55. The van der Waals surface area contributed by atoms with Crippen LogP contribution in [0.1, 0.15) is 36.8 Å². The summed E-state index contributed by atoms with van der Waals surface area (Å²) in [6, 6.07) is 12.5. The number of pyridine rings is 1. The number of carbonyl (C=O) groups is 1. The van der Waals surface area contributed by atoms with Gasteiger partial charge in [0.25, 0.3) is 0 Å². The Bertz CT molecular complexity index is 754. The number of rotatable bonds is 2. The summed E-state index contributed by atoms with van der Waals surface area (Å²) in [5.74, 6) is 0. The van der Waals surface area contributed by atoms with E-state index in [9.17, 15) is 4.79 Å². The Morgan fingerprint density at radius 2 is 2.22 bits per heavy atom. The average molecular weight is 307 g/mol. The number of nitrogens with two attached hydrogens (primary N) is 1. The number of nitrogens with zero attached hydrogens (tertiary/aromatic N) is 2. The van der Waals surface area contributed by atoms with Gasteiger partial charge < -0.3 is 10.6 Å². The molecule has 4 nitrogen and oxygen atoms in total. The highest BCUT2D eigenvalue weighted by Crippen LogP contribution is 2.54. The van der Waals surface area contributed by atoms with Gasteiger partial charge in [-0.05, 0) is 61.9 Å². The van der Waals surface area contributed by atoms with E-state index in [1.165, 1.54) is 11.1 Å². The van der Waals surface area contributed by atoms with Gasteiger partial charge in [0.15, 0.2) is 0 Å². The Labute approximate surface area is 136 Å². The van der Waals surface area contributed by atoms with E-state index < -0.39 is 0 Å². The molecule has 2 bridgehead atoms. The van der Waals surface area contributed by atoms with Crippen molar-refractivity contribution in [2.75, 3.05) is 0 Å². The summed E-state index contributed by atoms with van der Waals surface area (Å²) in [5.41, 5.74) is 9.96. The smallest absolute Gasteiger partial charge is 0.315 e. The maximum Gasteiger partial charge on any atom is 0.315 e. The van der Waals surface area contributed by atoms with Gasteiger partial charge in [0.2, 0.25) is 0 Å². The normalized spacial score (nSPS) is 25.8. The van der Waals surface area contributed by atoms with Crippen molar-refractivity contribution in [3.63, 3.8) is 0 Å². The van der Waals surface area contributed by atoms with Crippen LogP contribution in [0, 0.1) is 6.92 Å². The van der Waals surface area contributed by atoms with Crippen molar-refractivity contribution < 1.29 is 4.79 Å². The van der Waals surface area contributed by atoms with Gasteiger partial charge in [0, 0.05) is 17.8 Å². The van der Waals surface area contributed by atoms with Crippen molar-refractivity contribution in [2.24, 2.45) is 5.73 Å².